The van der Waals surface area contributed by atoms with E-state index in [-0.39, 0.29) is 17.8 Å². The molecule has 3 rings (SSSR count). The number of anilines is 1. The summed E-state index contributed by atoms with van der Waals surface area (Å²) in [5, 5.41) is 4.02. The zero-order chi connectivity index (χ0) is 15.7. The predicted molar refractivity (Wildman–Crippen MR) is 83.5 cm³/mol. The van der Waals surface area contributed by atoms with E-state index in [1.807, 2.05) is 6.92 Å². The lowest BCUT2D eigenvalue weighted by Crippen LogP contribution is -2.28. The van der Waals surface area contributed by atoms with Gasteiger partial charge in [0.2, 0.25) is 6.43 Å². The number of aromatic nitrogens is 2. The molecule has 1 atom stereocenters. The Hall–Kier alpha value is -0.970. The summed E-state index contributed by atoms with van der Waals surface area (Å²) in [6.45, 7) is 2.01. The van der Waals surface area contributed by atoms with Gasteiger partial charge in [0.15, 0.2) is 0 Å². The number of alkyl halides is 2. The molecule has 0 bridgehead atoms. The van der Waals surface area contributed by atoms with Gasteiger partial charge < -0.3 is 5.32 Å². The molecule has 3 nitrogen and oxygen atoms in total. The standard InChI is InChI=1S/C16H22ClF2N3/c1-2-12-14(17)15(21-9-20-12)22-11-3-5-16(6-4-11)8-10(16)7-13(18)19/h9-11,13H,2-8H2,1H3,(H,20,21,22)/t10-,11?,16?/m1/s1. The Kier molecular flexibility index (Phi) is 4.53. The molecule has 1 aromatic heterocycles. The highest BCUT2D eigenvalue weighted by Crippen LogP contribution is 2.63. The summed E-state index contributed by atoms with van der Waals surface area (Å²) in [6, 6.07) is 0.329. The van der Waals surface area contributed by atoms with E-state index in [4.69, 9.17) is 11.6 Å². The van der Waals surface area contributed by atoms with E-state index in [9.17, 15) is 8.78 Å². The molecule has 6 heteroatoms. The van der Waals surface area contributed by atoms with E-state index >= 15 is 0 Å². The van der Waals surface area contributed by atoms with Gasteiger partial charge in [0.1, 0.15) is 17.2 Å². The van der Waals surface area contributed by atoms with Crippen LogP contribution in [-0.4, -0.2) is 22.4 Å². The van der Waals surface area contributed by atoms with Crippen LogP contribution in [0.1, 0.15) is 51.1 Å². The molecule has 0 saturated heterocycles. The van der Waals surface area contributed by atoms with Crippen molar-refractivity contribution in [2.45, 2.75) is 64.3 Å². The molecule has 0 aromatic carbocycles. The monoisotopic (exact) mass is 329 g/mol. The predicted octanol–water partition coefficient (Wildman–Crippen LogP) is 4.71. The van der Waals surface area contributed by atoms with Gasteiger partial charge in [-0.3, -0.25) is 0 Å². The van der Waals surface area contributed by atoms with E-state index in [1.54, 1.807) is 0 Å². The molecular formula is C16H22ClF2N3. The van der Waals surface area contributed by atoms with Gasteiger partial charge in [0, 0.05) is 12.5 Å². The quantitative estimate of drug-likeness (QED) is 0.850. The second-order valence-corrected chi connectivity index (χ2v) is 7.02. The van der Waals surface area contributed by atoms with Crippen LogP contribution in [0.25, 0.3) is 0 Å². The van der Waals surface area contributed by atoms with Crippen LogP contribution < -0.4 is 5.32 Å². The largest absolute Gasteiger partial charge is 0.366 e. The molecule has 2 saturated carbocycles. The van der Waals surface area contributed by atoms with E-state index in [0.29, 0.717) is 16.9 Å². The maximum Gasteiger partial charge on any atom is 0.238 e. The van der Waals surface area contributed by atoms with Crippen LogP contribution in [0.2, 0.25) is 5.02 Å². The van der Waals surface area contributed by atoms with Gasteiger partial charge in [-0.1, -0.05) is 18.5 Å². The van der Waals surface area contributed by atoms with Gasteiger partial charge >= 0.3 is 0 Å². The zero-order valence-electron chi connectivity index (χ0n) is 12.8. The Bertz CT molecular complexity index is 530. The number of halogens is 3. The van der Waals surface area contributed by atoms with Crippen molar-refractivity contribution in [3.8, 4) is 0 Å². The summed E-state index contributed by atoms with van der Waals surface area (Å²) in [7, 11) is 0. The molecule has 2 aliphatic carbocycles. The van der Waals surface area contributed by atoms with Gasteiger partial charge in [0.25, 0.3) is 0 Å². The summed E-state index contributed by atoms with van der Waals surface area (Å²) < 4.78 is 25.0. The fourth-order valence-corrected chi connectivity index (χ4v) is 4.16. The van der Waals surface area contributed by atoms with Crippen LogP contribution >= 0.6 is 11.6 Å². The number of hydrogen-bond acceptors (Lipinski definition) is 3. The molecule has 22 heavy (non-hydrogen) atoms. The Balaban J connectivity index is 1.55. The average Bonchev–Trinajstić information content (AvgIpc) is 3.15. The Morgan fingerprint density at radius 1 is 1.36 bits per heavy atom. The highest BCUT2D eigenvalue weighted by molar-refractivity contribution is 6.33. The number of nitrogens with zero attached hydrogens (tertiary/aromatic N) is 2. The highest BCUT2D eigenvalue weighted by atomic mass is 35.5. The summed E-state index contributed by atoms with van der Waals surface area (Å²) in [6.07, 6.45) is 5.29. The van der Waals surface area contributed by atoms with Gasteiger partial charge in [-0.2, -0.15) is 0 Å². The van der Waals surface area contributed by atoms with Crippen molar-refractivity contribution in [2.75, 3.05) is 5.32 Å². The third kappa shape index (κ3) is 3.19. The van der Waals surface area contributed by atoms with Gasteiger partial charge in [-0.25, -0.2) is 18.7 Å². The summed E-state index contributed by atoms with van der Waals surface area (Å²) >= 11 is 6.31. The summed E-state index contributed by atoms with van der Waals surface area (Å²) in [5.41, 5.74) is 1.06. The molecule has 0 aliphatic heterocycles. The highest BCUT2D eigenvalue weighted by Gasteiger charge is 2.55. The van der Waals surface area contributed by atoms with Crippen LogP contribution in [0, 0.1) is 11.3 Å². The van der Waals surface area contributed by atoms with Gasteiger partial charge in [-0.15, -0.1) is 0 Å². The maximum atomic E-state index is 12.5. The minimum atomic E-state index is -2.16. The van der Waals surface area contributed by atoms with Crippen molar-refractivity contribution in [1.29, 1.82) is 0 Å². The van der Waals surface area contributed by atoms with Gasteiger partial charge in [0.05, 0.1) is 5.69 Å². The fourth-order valence-electron chi connectivity index (χ4n) is 3.88. The molecule has 0 amide bonds. The molecule has 1 N–H and O–H groups in total. The van der Waals surface area contributed by atoms with Crippen molar-refractivity contribution in [3.05, 3.63) is 17.0 Å². The van der Waals surface area contributed by atoms with E-state index in [1.165, 1.54) is 6.33 Å². The number of nitrogens with one attached hydrogen (secondary N) is 1. The van der Waals surface area contributed by atoms with Crippen molar-refractivity contribution >= 4 is 17.4 Å². The SMILES string of the molecule is CCc1ncnc(NC2CCC3(CC2)C[C@H]3CC(F)F)c1Cl. The first-order valence-corrected chi connectivity index (χ1v) is 8.46. The molecule has 122 valence electrons. The van der Waals surface area contributed by atoms with E-state index in [2.05, 4.69) is 15.3 Å². The summed E-state index contributed by atoms with van der Waals surface area (Å²) in [4.78, 5) is 8.40. The minimum Gasteiger partial charge on any atom is -0.366 e. The fraction of sp³-hybridized carbons (Fsp3) is 0.750. The van der Waals surface area contributed by atoms with Crippen molar-refractivity contribution < 1.29 is 8.78 Å². The second-order valence-electron chi connectivity index (χ2n) is 6.65. The van der Waals surface area contributed by atoms with Crippen molar-refractivity contribution in [2.24, 2.45) is 11.3 Å². The first-order valence-electron chi connectivity index (χ1n) is 8.08. The number of hydrogen-bond donors (Lipinski definition) is 1. The second kappa shape index (κ2) is 6.26. The van der Waals surface area contributed by atoms with E-state index in [0.717, 1.165) is 44.2 Å². The lowest BCUT2D eigenvalue weighted by molar-refractivity contribution is 0.119. The van der Waals surface area contributed by atoms with Crippen LogP contribution in [0.4, 0.5) is 14.6 Å². The third-order valence-corrected chi connectivity index (χ3v) is 5.74. The first kappa shape index (κ1) is 15.9. The lowest BCUT2D eigenvalue weighted by Gasteiger charge is -2.30. The lowest BCUT2D eigenvalue weighted by atomic mass is 9.81. The van der Waals surface area contributed by atoms with E-state index < -0.39 is 6.43 Å². The Labute approximate surface area is 134 Å². The molecule has 1 spiro atoms. The van der Waals surface area contributed by atoms with Crippen molar-refractivity contribution in [1.82, 2.24) is 9.97 Å². The Morgan fingerprint density at radius 2 is 2.09 bits per heavy atom. The minimum absolute atomic E-state index is 0.0791. The molecule has 2 fully saturated rings. The smallest absolute Gasteiger partial charge is 0.238 e. The normalized spacial score (nSPS) is 30.8. The van der Waals surface area contributed by atoms with Crippen LogP contribution in [0.5, 0.6) is 0 Å². The molecule has 2 aliphatic rings. The van der Waals surface area contributed by atoms with Crippen molar-refractivity contribution in [3.63, 3.8) is 0 Å². The molecule has 1 aromatic rings. The van der Waals surface area contributed by atoms with Crippen LogP contribution in [-0.2, 0) is 6.42 Å². The number of aryl methyl sites for hydroxylation is 1. The van der Waals surface area contributed by atoms with Crippen LogP contribution in [0.3, 0.4) is 0 Å². The Morgan fingerprint density at radius 3 is 2.73 bits per heavy atom. The topological polar surface area (TPSA) is 37.8 Å². The molecular weight excluding hydrogens is 308 g/mol. The van der Waals surface area contributed by atoms with Crippen LogP contribution in [0.15, 0.2) is 6.33 Å². The summed E-state index contributed by atoms with van der Waals surface area (Å²) in [5.74, 6) is 0.942. The number of rotatable bonds is 5. The third-order valence-electron chi connectivity index (χ3n) is 5.34. The molecule has 1 heterocycles. The molecule has 0 unspecified atom stereocenters. The van der Waals surface area contributed by atoms with Gasteiger partial charge in [-0.05, 0) is 49.9 Å². The zero-order valence-corrected chi connectivity index (χ0v) is 13.5. The molecule has 0 radical (unpaired) electrons. The first-order chi connectivity index (χ1) is 10.5. The average molecular weight is 330 g/mol. The maximum absolute atomic E-state index is 12.5.